The summed E-state index contributed by atoms with van der Waals surface area (Å²) in [6.45, 7) is 2.91. The van der Waals surface area contributed by atoms with Gasteiger partial charge in [-0.3, -0.25) is 9.69 Å². The number of carbonyl (C=O) groups excluding carboxylic acids is 1. The highest BCUT2D eigenvalue weighted by Gasteiger charge is 2.44. The maximum absolute atomic E-state index is 12.6. The third kappa shape index (κ3) is 4.58. The van der Waals surface area contributed by atoms with Crippen molar-refractivity contribution >= 4 is 21.8 Å². The molecule has 1 aliphatic carbocycles. The first-order valence-electron chi connectivity index (χ1n) is 10.0. The number of nitrogens with one attached hydrogen (secondary N) is 1. The van der Waals surface area contributed by atoms with E-state index in [0.29, 0.717) is 12.0 Å². The van der Waals surface area contributed by atoms with Gasteiger partial charge in [-0.2, -0.15) is 0 Å². The fraction of sp³-hybridized carbons (Fsp3) is 0.435. The van der Waals surface area contributed by atoms with Crippen LogP contribution in [0.3, 0.4) is 0 Å². The molecule has 1 amide bonds. The van der Waals surface area contributed by atoms with E-state index >= 15 is 0 Å². The maximum atomic E-state index is 12.6. The van der Waals surface area contributed by atoms with Gasteiger partial charge < -0.3 is 10.1 Å². The Morgan fingerprint density at radius 1 is 1.14 bits per heavy atom. The Morgan fingerprint density at radius 2 is 1.86 bits per heavy atom. The number of ether oxygens (including phenoxy) is 1. The van der Waals surface area contributed by atoms with Crippen molar-refractivity contribution in [1.29, 1.82) is 0 Å². The molecule has 0 bridgehead atoms. The lowest BCUT2D eigenvalue weighted by Crippen LogP contribution is -2.44. The van der Waals surface area contributed by atoms with E-state index in [1.54, 1.807) is 7.11 Å². The van der Waals surface area contributed by atoms with Crippen LogP contribution in [0.25, 0.3) is 0 Å². The number of halogens is 1. The van der Waals surface area contributed by atoms with Gasteiger partial charge in [0, 0.05) is 41.6 Å². The Balaban J connectivity index is 1.23. The monoisotopic (exact) mass is 442 g/mol. The summed E-state index contributed by atoms with van der Waals surface area (Å²) in [7, 11) is 1.72. The first kappa shape index (κ1) is 19.5. The average molecular weight is 443 g/mol. The van der Waals surface area contributed by atoms with Gasteiger partial charge in [0.15, 0.2) is 0 Å². The molecule has 0 radical (unpaired) electrons. The summed E-state index contributed by atoms with van der Waals surface area (Å²) in [5, 5.41) is 3.30. The molecule has 1 heterocycles. The lowest BCUT2D eigenvalue weighted by atomic mass is 10.0. The minimum absolute atomic E-state index is 0.146. The number of methoxy groups -OCH3 is 1. The molecule has 0 aromatic heterocycles. The third-order valence-corrected chi connectivity index (χ3v) is 6.47. The number of hydrogen-bond donors (Lipinski definition) is 1. The fourth-order valence-corrected chi connectivity index (χ4v) is 4.45. The van der Waals surface area contributed by atoms with E-state index in [0.717, 1.165) is 49.1 Å². The predicted molar refractivity (Wildman–Crippen MR) is 114 cm³/mol. The highest BCUT2D eigenvalue weighted by molar-refractivity contribution is 9.10. The SMILES string of the molecule is COc1ccccc1CN1CCC(NC(=O)C2CC2c2ccc(Br)cc2)CC1. The number of piperidine rings is 1. The zero-order chi connectivity index (χ0) is 19.5. The average Bonchev–Trinajstić information content (AvgIpc) is 3.51. The van der Waals surface area contributed by atoms with Gasteiger partial charge in [-0.25, -0.2) is 0 Å². The van der Waals surface area contributed by atoms with Gasteiger partial charge in [-0.15, -0.1) is 0 Å². The standard InChI is InChI=1S/C23H27BrN2O2/c1-28-22-5-3-2-4-17(22)15-26-12-10-19(11-13-26)25-23(27)21-14-20(21)16-6-8-18(24)9-7-16/h2-9,19-21H,10-15H2,1H3,(H,25,27). The highest BCUT2D eigenvalue weighted by atomic mass is 79.9. The smallest absolute Gasteiger partial charge is 0.223 e. The molecule has 5 heteroatoms. The third-order valence-electron chi connectivity index (χ3n) is 5.95. The Bertz CT molecular complexity index is 816. The van der Waals surface area contributed by atoms with Crippen LogP contribution < -0.4 is 10.1 Å². The molecule has 4 nitrogen and oxygen atoms in total. The Kier molecular flexibility index (Phi) is 6.02. The molecule has 2 aromatic carbocycles. The second kappa shape index (κ2) is 8.66. The minimum atomic E-state index is 0.146. The lowest BCUT2D eigenvalue weighted by molar-refractivity contribution is -0.123. The van der Waals surface area contributed by atoms with Crippen molar-refractivity contribution in [3.63, 3.8) is 0 Å². The molecule has 1 saturated carbocycles. The van der Waals surface area contributed by atoms with Crippen LogP contribution >= 0.6 is 15.9 Å². The Hall–Kier alpha value is -1.85. The van der Waals surface area contributed by atoms with Gasteiger partial charge in [0.25, 0.3) is 0 Å². The van der Waals surface area contributed by atoms with E-state index < -0.39 is 0 Å². The quantitative estimate of drug-likeness (QED) is 0.722. The molecule has 2 aromatic rings. The van der Waals surface area contributed by atoms with E-state index in [1.165, 1.54) is 11.1 Å². The normalized spacial score (nSPS) is 22.6. The van der Waals surface area contributed by atoms with Crippen LogP contribution in [0.1, 0.15) is 36.3 Å². The van der Waals surface area contributed by atoms with E-state index in [1.807, 2.05) is 12.1 Å². The zero-order valence-electron chi connectivity index (χ0n) is 16.2. The van der Waals surface area contributed by atoms with E-state index in [2.05, 4.69) is 62.5 Å². The first-order chi connectivity index (χ1) is 13.6. The molecule has 148 valence electrons. The van der Waals surface area contributed by atoms with Gasteiger partial charge >= 0.3 is 0 Å². The van der Waals surface area contributed by atoms with Gasteiger partial charge in [0.2, 0.25) is 5.91 Å². The number of likely N-dealkylation sites (tertiary alicyclic amines) is 1. The molecule has 1 N–H and O–H groups in total. The summed E-state index contributed by atoms with van der Waals surface area (Å²) in [6, 6.07) is 16.9. The van der Waals surface area contributed by atoms with Crippen LogP contribution in [0.4, 0.5) is 0 Å². The molecule has 0 spiro atoms. The summed E-state index contributed by atoms with van der Waals surface area (Å²) >= 11 is 3.47. The molecule has 4 rings (SSSR count). The van der Waals surface area contributed by atoms with Gasteiger partial charge in [0.05, 0.1) is 7.11 Å². The minimum Gasteiger partial charge on any atom is -0.496 e. The molecular weight excluding hydrogens is 416 g/mol. The second-order valence-electron chi connectivity index (χ2n) is 7.87. The van der Waals surface area contributed by atoms with E-state index in [4.69, 9.17) is 4.74 Å². The second-order valence-corrected chi connectivity index (χ2v) is 8.79. The number of benzene rings is 2. The first-order valence-corrected chi connectivity index (χ1v) is 10.8. The molecule has 2 fully saturated rings. The highest BCUT2D eigenvalue weighted by Crippen LogP contribution is 2.47. The van der Waals surface area contributed by atoms with Crippen LogP contribution in [0.15, 0.2) is 53.0 Å². The topological polar surface area (TPSA) is 41.6 Å². The molecule has 2 atom stereocenters. The van der Waals surface area contributed by atoms with Crippen molar-refractivity contribution in [3.05, 3.63) is 64.1 Å². The number of hydrogen-bond acceptors (Lipinski definition) is 3. The number of rotatable bonds is 6. The largest absolute Gasteiger partial charge is 0.496 e. The maximum Gasteiger partial charge on any atom is 0.223 e. The molecular formula is C23H27BrN2O2. The van der Waals surface area contributed by atoms with Gasteiger partial charge in [-0.05, 0) is 48.9 Å². The molecule has 1 saturated heterocycles. The van der Waals surface area contributed by atoms with E-state index in [-0.39, 0.29) is 11.8 Å². The summed E-state index contributed by atoms with van der Waals surface area (Å²) in [6.07, 6.45) is 2.99. The van der Waals surface area contributed by atoms with Crippen molar-refractivity contribution in [2.75, 3.05) is 20.2 Å². The van der Waals surface area contributed by atoms with Gasteiger partial charge in [-0.1, -0.05) is 46.3 Å². The van der Waals surface area contributed by atoms with Crippen LogP contribution in [-0.4, -0.2) is 37.0 Å². The Morgan fingerprint density at radius 3 is 2.57 bits per heavy atom. The number of nitrogens with zero attached hydrogens (tertiary/aromatic N) is 1. The van der Waals surface area contributed by atoms with Crippen LogP contribution in [0.2, 0.25) is 0 Å². The summed E-state index contributed by atoms with van der Waals surface area (Å²) in [5.41, 5.74) is 2.50. The lowest BCUT2D eigenvalue weighted by Gasteiger charge is -2.32. The number of carbonyl (C=O) groups is 1. The number of amides is 1. The van der Waals surface area contributed by atoms with Crippen molar-refractivity contribution in [3.8, 4) is 5.75 Å². The molecule has 1 aliphatic heterocycles. The van der Waals surface area contributed by atoms with Crippen LogP contribution in [0.5, 0.6) is 5.75 Å². The van der Waals surface area contributed by atoms with Crippen molar-refractivity contribution in [1.82, 2.24) is 10.2 Å². The fourth-order valence-electron chi connectivity index (χ4n) is 4.18. The van der Waals surface area contributed by atoms with Gasteiger partial charge in [0.1, 0.15) is 5.75 Å². The molecule has 28 heavy (non-hydrogen) atoms. The van der Waals surface area contributed by atoms with Crippen molar-refractivity contribution in [2.24, 2.45) is 5.92 Å². The molecule has 2 aliphatic rings. The summed E-state index contributed by atoms with van der Waals surface area (Å²) < 4.78 is 6.54. The van der Waals surface area contributed by atoms with Crippen molar-refractivity contribution < 1.29 is 9.53 Å². The van der Waals surface area contributed by atoms with E-state index in [9.17, 15) is 4.79 Å². The zero-order valence-corrected chi connectivity index (χ0v) is 17.8. The summed E-state index contributed by atoms with van der Waals surface area (Å²) in [5.74, 6) is 1.72. The van der Waals surface area contributed by atoms with Crippen LogP contribution in [-0.2, 0) is 11.3 Å². The molecule has 2 unspecified atom stereocenters. The predicted octanol–water partition coefficient (Wildman–Crippen LogP) is 4.34. The Labute approximate surface area is 175 Å². The van der Waals surface area contributed by atoms with Crippen LogP contribution in [0, 0.1) is 5.92 Å². The summed E-state index contributed by atoms with van der Waals surface area (Å²) in [4.78, 5) is 15.1. The number of para-hydroxylation sites is 1. The van der Waals surface area contributed by atoms with Crippen molar-refractivity contribution in [2.45, 2.75) is 37.8 Å².